The monoisotopic (exact) mass is 466 g/mol. The van der Waals surface area contributed by atoms with E-state index in [0.717, 1.165) is 15.9 Å². The third-order valence-corrected chi connectivity index (χ3v) is 9.49. The first-order valence-electron chi connectivity index (χ1n) is 10.9. The van der Waals surface area contributed by atoms with Crippen molar-refractivity contribution in [3.63, 3.8) is 0 Å². The van der Waals surface area contributed by atoms with E-state index in [1.54, 1.807) is 24.3 Å². The highest BCUT2D eigenvalue weighted by Crippen LogP contribution is 2.57. The molecule has 5 heteroatoms. The molecule has 4 aromatic rings. The first kappa shape index (κ1) is 23.2. The van der Waals surface area contributed by atoms with Crippen LogP contribution in [0.1, 0.15) is 10.4 Å². The van der Waals surface area contributed by atoms with Gasteiger partial charge in [0, 0.05) is 5.56 Å². The Morgan fingerprint density at radius 3 is 1.41 bits per heavy atom. The number of ether oxygens (including phenoxy) is 1. The molecule has 0 heterocycles. The fourth-order valence-corrected chi connectivity index (χ4v) is 7.71. The summed E-state index contributed by atoms with van der Waals surface area (Å²) in [4.78, 5) is 26.0. The Morgan fingerprint density at radius 2 is 1.03 bits per heavy atom. The van der Waals surface area contributed by atoms with Crippen LogP contribution in [0.2, 0.25) is 0 Å². The van der Waals surface area contributed by atoms with Gasteiger partial charge in [-0.25, -0.2) is 4.79 Å². The molecule has 4 aromatic carbocycles. The van der Waals surface area contributed by atoms with Crippen molar-refractivity contribution < 1.29 is 14.3 Å². The number of hydrogen-bond donors (Lipinski definition) is 1. The summed E-state index contributed by atoms with van der Waals surface area (Å²) >= 11 is 0. The Bertz CT molecular complexity index is 1180. The molecular formula is C29H25NO3P+. The van der Waals surface area contributed by atoms with Crippen LogP contribution in [0.15, 0.2) is 133 Å². The van der Waals surface area contributed by atoms with Crippen LogP contribution in [-0.4, -0.2) is 19.0 Å². The van der Waals surface area contributed by atoms with Gasteiger partial charge in [-0.1, -0.05) is 72.8 Å². The van der Waals surface area contributed by atoms with Crippen LogP contribution >= 0.6 is 7.26 Å². The average Bonchev–Trinajstić information content (AvgIpc) is 2.92. The van der Waals surface area contributed by atoms with Gasteiger partial charge in [0.1, 0.15) is 29.0 Å². The molecule has 0 aliphatic rings. The van der Waals surface area contributed by atoms with E-state index in [9.17, 15) is 9.59 Å². The van der Waals surface area contributed by atoms with Crippen LogP contribution in [0.4, 0.5) is 0 Å². The molecule has 0 unspecified atom stereocenters. The van der Waals surface area contributed by atoms with Crippen LogP contribution < -0.4 is 21.2 Å². The Balaban J connectivity index is 1.97. The number of carbonyl (C=O) groups excluding carboxylic acids is 2. The van der Waals surface area contributed by atoms with Gasteiger partial charge in [0.25, 0.3) is 5.91 Å². The molecule has 0 aromatic heterocycles. The van der Waals surface area contributed by atoms with E-state index in [-0.39, 0.29) is 11.6 Å². The molecule has 0 aliphatic heterocycles. The number of rotatable bonds is 7. The molecule has 0 atom stereocenters. The Kier molecular flexibility index (Phi) is 7.31. The Hall–Kier alpha value is -4.01. The standard InChI is InChI=1S/C29H24NO3P/c1-33-29(32)27(30-28(31)23-14-6-2-7-15-23)22-34(24-16-8-3-9-17-24,25-18-10-4-11-19-25)26-20-12-5-13-21-26/h2-22H,1H3/p+1/b27-22-. The maximum absolute atomic E-state index is 13.0. The van der Waals surface area contributed by atoms with Crippen molar-refractivity contribution in [3.05, 3.63) is 138 Å². The lowest BCUT2D eigenvalue weighted by molar-refractivity contribution is -0.136. The fourth-order valence-electron chi connectivity index (χ4n) is 3.88. The first-order valence-corrected chi connectivity index (χ1v) is 12.7. The Morgan fingerprint density at radius 1 is 0.647 bits per heavy atom. The highest BCUT2D eigenvalue weighted by atomic mass is 31.2. The average molecular weight is 466 g/mol. The number of methoxy groups -OCH3 is 1. The van der Waals surface area contributed by atoms with E-state index < -0.39 is 13.2 Å². The smallest absolute Gasteiger partial charge is 0.358 e. The zero-order valence-corrected chi connectivity index (χ0v) is 19.7. The van der Waals surface area contributed by atoms with Crippen LogP contribution in [0.5, 0.6) is 0 Å². The number of nitrogens with one attached hydrogen (secondary N) is 1. The summed E-state index contributed by atoms with van der Waals surface area (Å²) in [5, 5.41) is 6.00. The minimum absolute atomic E-state index is 0.112. The van der Waals surface area contributed by atoms with E-state index in [0.29, 0.717) is 5.56 Å². The molecule has 0 bridgehead atoms. The van der Waals surface area contributed by atoms with Crippen molar-refractivity contribution in [3.8, 4) is 0 Å². The SMILES string of the molecule is COC(=O)/C(=C/[P+](c1ccccc1)(c1ccccc1)c1ccccc1)NC(=O)c1ccccc1. The largest absolute Gasteiger partial charge is 0.464 e. The number of benzene rings is 4. The number of hydrogen-bond acceptors (Lipinski definition) is 3. The molecular weight excluding hydrogens is 441 g/mol. The summed E-state index contributed by atoms with van der Waals surface area (Å²) in [6, 6.07) is 39.1. The molecule has 0 saturated heterocycles. The van der Waals surface area contributed by atoms with Crippen LogP contribution in [-0.2, 0) is 9.53 Å². The van der Waals surface area contributed by atoms with Gasteiger partial charge < -0.3 is 10.1 Å². The van der Waals surface area contributed by atoms with Crippen LogP contribution in [0.3, 0.4) is 0 Å². The summed E-state index contributed by atoms with van der Waals surface area (Å²) in [5.74, 6) is 0.931. The minimum Gasteiger partial charge on any atom is -0.464 e. The van der Waals surface area contributed by atoms with Crippen LogP contribution in [0, 0.1) is 0 Å². The third-order valence-electron chi connectivity index (χ3n) is 5.50. The zero-order valence-electron chi connectivity index (χ0n) is 18.8. The van der Waals surface area contributed by atoms with E-state index >= 15 is 0 Å². The Labute approximate surface area is 200 Å². The van der Waals surface area contributed by atoms with Gasteiger partial charge in [-0.05, 0) is 48.5 Å². The molecule has 0 radical (unpaired) electrons. The topological polar surface area (TPSA) is 55.4 Å². The molecule has 1 amide bonds. The lowest BCUT2D eigenvalue weighted by Gasteiger charge is -2.25. The molecule has 1 N–H and O–H groups in total. The normalized spacial score (nSPS) is 11.5. The van der Waals surface area contributed by atoms with Gasteiger partial charge in [0.2, 0.25) is 0 Å². The number of esters is 1. The molecule has 0 fully saturated rings. The highest BCUT2D eigenvalue weighted by Gasteiger charge is 2.45. The summed E-state index contributed by atoms with van der Waals surface area (Å²) in [6.07, 6.45) is 0. The summed E-state index contributed by atoms with van der Waals surface area (Å²) in [5.41, 5.74) is 0.571. The maximum Gasteiger partial charge on any atom is 0.358 e. The molecule has 4 rings (SSSR count). The highest BCUT2D eigenvalue weighted by molar-refractivity contribution is 7.98. The fraction of sp³-hybridized carbons (Fsp3) is 0.0345. The lowest BCUT2D eigenvalue weighted by Crippen LogP contribution is -2.33. The molecule has 34 heavy (non-hydrogen) atoms. The van der Waals surface area contributed by atoms with E-state index in [4.69, 9.17) is 4.74 Å². The van der Waals surface area contributed by atoms with Gasteiger partial charge in [0.15, 0.2) is 5.70 Å². The van der Waals surface area contributed by atoms with Gasteiger partial charge >= 0.3 is 5.97 Å². The van der Waals surface area contributed by atoms with Crippen LogP contribution in [0.25, 0.3) is 0 Å². The second kappa shape index (κ2) is 10.7. The molecule has 0 aliphatic carbocycles. The van der Waals surface area contributed by atoms with E-state index in [1.807, 2.05) is 66.5 Å². The third kappa shape index (κ3) is 4.83. The lowest BCUT2D eigenvalue weighted by atomic mass is 10.2. The van der Waals surface area contributed by atoms with Gasteiger partial charge in [-0.3, -0.25) is 4.79 Å². The number of amides is 1. The van der Waals surface area contributed by atoms with Gasteiger partial charge in [-0.15, -0.1) is 0 Å². The van der Waals surface area contributed by atoms with Gasteiger partial charge in [-0.2, -0.15) is 0 Å². The molecule has 168 valence electrons. The predicted octanol–water partition coefficient (Wildman–Crippen LogP) is 4.42. The molecule has 4 nitrogen and oxygen atoms in total. The van der Waals surface area contributed by atoms with Crippen molar-refractivity contribution in [1.29, 1.82) is 0 Å². The second-order valence-electron chi connectivity index (χ2n) is 7.58. The van der Waals surface area contributed by atoms with Crippen molar-refractivity contribution in [1.82, 2.24) is 5.32 Å². The van der Waals surface area contributed by atoms with E-state index in [2.05, 4.69) is 41.7 Å². The predicted molar refractivity (Wildman–Crippen MR) is 139 cm³/mol. The van der Waals surface area contributed by atoms with Gasteiger partial charge in [0.05, 0.1) is 7.11 Å². The van der Waals surface area contributed by atoms with Crippen molar-refractivity contribution >= 4 is 35.1 Å². The summed E-state index contributed by atoms with van der Waals surface area (Å²) in [7, 11) is -1.18. The van der Waals surface area contributed by atoms with Crippen molar-refractivity contribution in [2.75, 3.05) is 7.11 Å². The second-order valence-corrected chi connectivity index (χ2v) is 10.8. The zero-order chi connectivity index (χ0) is 23.8. The van der Waals surface area contributed by atoms with Crippen molar-refractivity contribution in [2.45, 2.75) is 0 Å². The van der Waals surface area contributed by atoms with E-state index in [1.165, 1.54) is 7.11 Å². The quantitative estimate of drug-likeness (QED) is 0.249. The minimum atomic E-state index is -2.50. The maximum atomic E-state index is 13.0. The summed E-state index contributed by atoms with van der Waals surface area (Å²) in [6.45, 7) is 0. The molecule has 0 spiro atoms. The summed E-state index contributed by atoms with van der Waals surface area (Å²) < 4.78 is 5.10. The van der Waals surface area contributed by atoms with Crippen molar-refractivity contribution in [2.24, 2.45) is 0 Å². The molecule has 0 saturated carbocycles. The number of carbonyl (C=O) groups is 2. The first-order chi connectivity index (χ1) is 16.6.